The first-order valence-electron chi connectivity index (χ1n) is 5.61. The summed E-state index contributed by atoms with van der Waals surface area (Å²) < 4.78 is 0. The molecule has 82 valence electrons. The third kappa shape index (κ3) is 1.77. The van der Waals surface area contributed by atoms with E-state index in [0.29, 0.717) is 6.54 Å². The van der Waals surface area contributed by atoms with E-state index >= 15 is 0 Å². The van der Waals surface area contributed by atoms with Gasteiger partial charge in [-0.3, -0.25) is 9.88 Å². The van der Waals surface area contributed by atoms with Gasteiger partial charge < -0.3 is 5.73 Å². The number of hydrogen-bond acceptors (Lipinski definition) is 3. The van der Waals surface area contributed by atoms with Gasteiger partial charge in [-0.25, -0.2) is 0 Å². The van der Waals surface area contributed by atoms with E-state index in [-0.39, 0.29) is 5.54 Å². The van der Waals surface area contributed by atoms with Crippen molar-refractivity contribution in [3.63, 3.8) is 0 Å². The van der Waals surface area contributed by atoms with Gasteiger partial charge in [-0.05, 0) is 50.6 Å². The smallest absolute Gasteiger partial charge is 0.0582 e. The van der Waals surface area contributed by atoms with E-state index in [9.17, 15) is 0 Å². The van der Waals surface area contributed by atoms with Gasteiger partial charge >= 0.3 is 0 Å². The Kier molecular flexibility index (Phi) is 3.03. The van der Waals surface area contributed by atoms with Gasteiger partial charge in [0, 0.05) is 18.9 Å². The van der Waals surface area contributed by atoms with Gasteiger partial charge in [0.15, 0.2) is 0 Å². The molecule has 15 heavy (non-hydrogen) atoms. The molecule has 1 atom stereocenters. The Morgan fingerprint density at radius 2 is 2.13 bits per heavy atom. The number of aromatic nitrogens is 1. The van der Waals surface area contributed by atoms with Crippen molar-refractivity contribution in [2.75, 3.05) is 20.1 Å². The maximum Gasteiger partial charge on any atom is 0.0582 e. The highest BCUT2D eigenvalue weighted by Crippen LogP contribution is 2.35. The average Bonchev–Trinajstić information content (AvgIpc) is 2.31. The predicted molar refractivity (Wildman–Crippen MR) is 61.5 cm³/mol. The molecule has 2 rings (SSSR count). The largest absolute Gasteiger partial charge is 0.328 e. The summed E-state index contributed by atoms with van der Waals surface area (Å²) in [5.41, 5.74) is 7.35. The van der Waals surface area contributed by atoms with Gasteiger partial charge in [0.2, 0.25) is 0 Å². The van der Waals surface area contributed by atoms with Crippen LogP contribution in [0.1, 0.15) is 24.8 Å². The van der Waals surface area contributed by atoms with Crippen molar-refractivity contribution in [3.05, 3.63) is 30.1 Å². The highest BCUT2D eigenvalue weighted by molar-refractivity contribution is 5.23. The van der Waals surface area contributed by atoms with Crippen molar-refractivity contribution in [1.82, 2.24) is 9.88 Å². The first-order valence-corrected chi connectivity index (χ1v) is 5.61. The van der Waals surface area contributed by atoms with Gasteiger partial charge in [-0.15, -0.1) is 0 Å². The van der Waals surface area contributed by atoms with Crippen molar-refractivity contribution < 1.29 is 0 Å². The Morgan fingerprint density at radius 1 is 1.40 bits per heavy atom. The van der Waals surface area contributed by atoms with E-state index in [1.54, 1.807) is 0 Å². The van der Waals surface area contributed by atoms with Crippen molar-refractivity contribution in [2.45, 2.75) is 24.8 Å². The summed E-state index contributed by atoms with van der Waals surface area (Å²) >= 11 is 0. The first-order chi connectivity index (χ1) is 7.29. The van der Waals surface area contributed by atoms with Gasteiger partial charge in [-0.2, -0.15) is 0 Å². The molecule has 1 aromatic heterocycles. The first kappa shape index (κ1) is 10.6. The lowest BCUT2D eigenvalue weighted by Gasteiger charge is -2.45. The van der Waals surface area contributed by atoms with Crippen LogP contribution in [0.2, 0.25) is 0 Å². The van der Waals surface area contributed by atoms with Crippen LogP contribution >= 0.6 is 0 Å². The SMILES string of the molecule is CN1CCCCC1(CN)c1ccncc1. The van der Waals surface area contributed by atoms with E-state index in [0.717, 1.165) is 13.0 Å². The second-order valence-corrected chi connectivity index (χ2v) is 4.35. The molecule has 2 heterocycles. The van der Waals surface area contributed by atoms with Crippen LogP contribution in [0.3, 0.4) is 0 Å². The molecule has 1 unspecified atom stereocenters. The Labute approximate surface area is 91.3 Å². The Balaban J connectivity index is 2.35. The number of pyridine rings is 1. The molecule has 0 aromatic carbocycles. The maximum atomic E-state index is 6.00. The quantitative estimate of drug-likeness (QED) is 0.792. The zero-order valence-corrected chi connectivity index (χ0v) is 9.32. The molecule has 0 spiro atoms. The highest BCUT2D eigenvalue weighted by Gasteiger charge is 2.36. The van der Waals surface area contributed by atoms with Crippen LogP contribution in [-0.2, 0) is 5.54 Å². The fourth-order valence-electron chi connectivity index (χ4n) is 2.57. The molecule has 3 heteroatoms. The van der Waals surface area contributed by atoms with Crippen molar-refractivity contribution >= 4 is 0 Å². The molecule has 1 saturated heterocycles. The van der Waals surface area contributed by atoms with E-state index in [1.165, 1.54) is 18.4 Å². The third-order valence-electron chi connectivity index (χ3n) is 3.62. The summed E-state index contributed by atoms with van der Waals surface area (Å²) in [6.45, 7) is 1.83. The van der Waals surface area contributed by atoms with Crippen LogP contribution in [0.15, 0.2) is 24.5 Å². The van der Waals surface area contributed by atoms with Crippen LogP contribution in [-0.4, -0.2) is 30.0 Å². The van der Waals surface area contributed by atoms with Crippen LogP contribution in [0.25, 0.3) is 0 Å². The van der Waals surface area contributed by atoms with E-state index in [2.05, 4.69) is 29.1 Å². The highest BCUT2D eigenvalue weighted by atomic mass is 15.2. The van der Waals surface area contributed by atoms with Gasteiger partial charge in [-0.1, -0.05) is 0 Å². The van der Waals surface area contributed by atoms with Gasteiger partial charge in [0.25, 0.3) is 0 Å². The molecule has 1 fully saturated rings. The Bertz CT molecular complexity index is 312. The lowest BCUT2D eigenvalue weighted by Crippen LogP contribution is -2.52. The molecular formula is C12H19N3. The monoisotopic (exact) mass is 205 g/mol. The number of nitrogens with two attached hydrogens (primary N) is 1. The predicted octanol–water partition coefficient (Wildman–Crippen LogP) is 1.35. The molecule has 1 aliphatic heterocycles. The van der Waals surface area contributed by atoms with Crippen molar-refractivity contribution in [2.24, 2.45) is 5.73 Å². The van der Waals surface area contributed by atoms with Gasteiger partial charge in [0.05, 0.1) is 5.54 Å². The summed E-state index contributed by atoms with van der Waals surface area (Å²) in [7, 11) is 2.17. The minimum absolute atomic E-state index is 0.0428. The van der Waals surface area contributed by atoms with E-state index < -0.39 is 0 Å². The van der Waals surface area contributed by atoms with Crippen molar-refractivity contribution in [3.8, 4) is 0 Å². The minimum Gasteiger partial charge on any atom is -0.328 e. The van der Waals surface area contributed by atoms with Crippen LogP contribution in [0.5, 0.6) is 0 Å². The number of rotatable bonds is 2. The van der Waals surface area contributed by atoms with E-state index in [1.807, 2.05) is 12.4 Å². The second kappa shape index (κ2) is 4.29. The van der Waals surface area contributed by atoms with E-state index in [4.69, 9.17) is 5.73 Å². The molecule has 0 radical (unpaired) electrons. The molecule has 0 saturated carbocycles. The minimum atomic E-state index is 0.0428. The Morgan fingerprint density at radius 3 is 2.73 bits per heavy atom. The zero-order valence-electron chi connectivity index (χ0n) is 9.32. The molecule has 0 aliphatic carbocycles. The van der Waals surface area contributed by atoms with Crippen LogP contribution in [0.4, 0.5) is 0 Å². The molecule has 2 N–H and O–H groups in total. The summed E-state index contributed by atoms with van der Waals surface area (Å²) in [4.78, 5) is 6.47. The molecule has 0 bridgehead atoms. The summed E-state index contributed by atoms with van der Waals surface area (Å²) in [6, 6.07) is 4.18. The van der Waals surface area contributed by atoms with Gasteiger partial charge in [0.1, 0.15) is 0 Å². The third-order valence-corrected chi connectivity index (χ3v) is 3.62. The molecular weight excluding hydrogens is 186 g/mol. The summed E-state index contributed by atoms with van der Waals surface area (Å²) in [6.07, 6.45) is 7.42. The standard InChI is InChI=1S/C12H19N3/c1-15-9-3-2-6-12(15,10-13)11-4-7-14-8-5-11/h4-5,7-8H,2-3,6,9-10,13H2,1H3. The molecule has 3 nitrogen and oxygen atoms in total. The number of piperidine rings is 1. The lowest BCUT2D eigenvalue weighted by molar-refractivity contribution is 0.0783. The molecule has 0 amide bonds. The number of likely N-dealkylation sites (N-methyl/N-ethyl adjacent to an activating group) is 1. The zero-order chi connectivity index (χ0) is 10.7. The average molecular weight is 205 g/mol. The maximum absolute atomic E-state index is 6.00. The number of likely N-dealkylation sites (tertiary alicyclic amines) is 1. The lowest BCUT2D eigenvalue weighted by atomic mass is 9.81. The Hall–Kier alpha value is -0.930. The molecule has 1 aliphatic rings. The van der Waals surface area contributed by atoms with Crippen molar-refractivity contribution in [1.29, 1.82) is 0 Å². The normalized spacial score (nSPS) is 27.9. The second-order valence-electron chi connectivity index (χ2n) is 4.35. The fraction of sp³-hybridized carbons (Fsp3) is 0.583. The molecule has 1 aromatic rings. The number of hydrogen-bond donors (Lipinski definition) is 1. The summed E-state index contributed by atoms with van der Waals surface area (Å²) in [5, 5.41) is 0. The van der Waals surface area contributed by atoms with Crippen LogP contribution in [0, 0.1) is 0 Å². The number of nitrogens with zero attached hydrogens (tertiary/aromatic N) is 2. The summed E-state index contributed by atoms with van der Waals surface area (Å²) in [5.74, 6) is 0. The van der Waals surface area contributed by atoms with Crippen LogP contribution < -0.4 is 5.73 Å². The fourth-order valence-corrected chi connectivity index (χ4v) is 2.57. The topological polar surface area (TPSA) is 42.1 Å².